The van der Waals surface area contributed by atoms with Gasteiger partial charge >= 0.3 is 0 Å². The van der Waals surface area contributed by atoms with Crippen LogP contribution in [-0.4, -0.2) is 72.3 Å². The van der Waals surface area contributed by atoms with Crippen LogP contribution in [0.15, 0.2) is 35.4 Å². The van der Waals surface area contributed by atoms with Crippen LogP contribution in [0.1, 0.15) is 11.8 Å². The lowest BCUT2D eigenvalue weighted by Crippen LogP contribution is -2.33. The molecule has 164 valence electrons. The molecule has 0 bridgehead atoms. The summed E-state index contributed by atoms with van der Waals surface area (Å²) >= 11 is 0. The number of carbonyl (C=O) groups is 1. The zero-order valence-corrected chi connectivity index (χ0v) is 16.4. The van der Waals surface area contributed by atoms with Crippen LogP contribution in [0.4, 0.5) is 5.95 Å². The van der Waals surface area contributed by atoms with Crippen LogP contribution in [0.2, 0.25) is 0 Å². The van der Waals surface area contributed by atoms with E-state index in [0.29, 0.717) is 5.75 Å². The highest BCUT2D eigenvalue weighted by atomic mass is 16.6. The van der Waals surface area contributed by atoms with Gasteiger partial charge in [0.2, 0.25) is 5.95 Å². The number of aliphatic hydroxyl groups excluding tert-OH is 3. The van der Waals surface area contributed by atoms with E-state index in [2.05, 4.69) is 20.3 Å². The SMILES string of the molecule is Cc1cccc(OCC(=O)Nc2nc3c(ncn3[C@@H]3O[C@H](CO)[C@H](O)[C@@H]3O)c(=O)[nH]2)c1. The van der Waals surface area contributed by atoms with Crippen molar-refractivity contribution in [3.8, 4) is 5.75 Å². The highest BCUT2D eigenvalue weighted by molar-refractivity contribution is 5.90. The Morgan fingerprint density at radius 3 is 2.87 bits per heavy atom. The summed E-state index contributed by atoms with van der Waals surface area (Å²) in [7, 11) is 0. The number of fused-ring (bicyclic) bond motifs is 1. The second-order valence-corrected chi connectivity index (χ2v) is 7.12. The largest absolute Gasteiger partial charge is 0.484 e. The fraction of sp³-hybridized carbons (Fsp3) is 0.368. The predicted molar refractivity (Wildman–Crippen MR) is 106 cm³/mol. The number of nitrogens with zero attached hydrogens (tertiary/aromatic N) is 3. The van der Waals surface area contributed by atoms with Gasteiger partial charge in [-0.25, -0.2) is 4.98 Å². The number of aromatic nitrogens is 4. The summed E-state index contributed by atoms with van der Waals surface area (Å²) in [6, 6.07) is 7.19. The number of H-pyrrole nitrogens is 1. The highest BCUT2D eigenvalue weighted by Gasteiger charge is 2.44. The Kier molecular flexibility index (Phi) is 5.69. The molecule has 3 aromatic rings. The first-order chi connectivity index (χ1) is 14.9. The van der Waals surface area contributed by atoms with Crippen LogP contribution in [0, 0.1) is 6.92 Å². The minimum Gasteiger partial charge on any atom is -0.484 e. The maximum absolute atomic E-state index is 12.3. The molecule has 1 fully saturated rings. The number of rotatable bonds is 6. The first-order valence-corrected chi connectivity index (χ1v) is 9.46. The predicted octanol–water partition coefficient (Wildman–Crippen LogP) is -0.943. The number of aryl methyl sites for hydroxylation is 1. The van der Waals surface area contributed by atoms with E-state index in [4.69, 9.17) is 9.47 Å². The van der Waals surface area contributed by atoms with Gasteiger partial charge in [-0.3, -0.25) is 24.5 Å². The molecule has 5 N–H and O–H groups in total. The second kappa shape index (κ2) is 8.43. The quantitative estimate of drug-likeness (QED) is 0.330. The van der Waals surface area contributed by atoms with Crippen molar-refractivity contribution >= 4 is 23.0 Å². The Morgan fingerprint density at radius 1 is 1.35 bits per heavy atom. The van der Waals surface area contributed by atoms with Gasteiger partial charge in [0.25, 0.3) is 11.5 Å². The Balaban J connectivity index is 1.54. The summed E-state index contributed by atoms with van der Waals surface area (Å²) in [5.41, 5.74) is 0.332. The summed E-state index contributed by atoms with van der Waals surface area (Å²) in [5, 5.41) is 31.9. The van der Waals surface area contributed by atoms with Gasteiger partial charge in [0.1, 0.15) is 24.1 Å². The molecule has 4 rings (SSSR count). The summed E-state index contributed by atoms with van der Waals surface area (Å²) in [6.07, 6.45) is -3.61. The third-order valence-corrected chi connectivity index (χ3v) is 4.84. The van der Waals surface area contributed by atoms with Crippen molar-refractivity contribution in [2.45, 2.75) is 31.5 Å². The number of aromatic amines is 1. The number of hydrogen-bond donors (Lipinski definition) is 5. The van der Waals surface area contributed by atoms with Gasteiger partial charge < -0.3 is 24.8 Å². The molecule has 0 saturated carbocycles. The lowest BCUT2D eigenvalue weighted by molar-refractivity contribution is -0.118. The Morgan fingerprint density at radius 2 is 2.16 bits per heavy atom. The van der Waals surface area contributed by atoms with Crippen molar-refractivity contribution < 1.29 is 29.6 Å². The number of hydrogen-bond acceptors (Lipinski definition) is 9. The van der Waals surface area contributed by atoms with Crippen LogP contribution in [0.5, 0.6) is 5.75 Å². The molecule has 0 radical (unpaired) electrons. The fourth-order valence-electron chi connectivity index (χ4n) is 3.30. The third-order valence-electron chi connectivity index (χ3n) is 4.84. The number of amides is 1. The Hall–Kier alpha value is -3.32. The third kappa shape index (κ3) is 4.14. The zero-order chi connectivity index (χ0) is 22.1. The van der Waals surface area contributed by atoms with E-state index in [1.54, 1.807) is 18.2 Å². The maximum Gasteiger partial charge on any atom is 0.280 e. The maximum atomic E-state index is 12.3. The molecule has 31 heavy (non-hydrogen) atoms. The Labute approximate surface area is 175 Å². The molecule has 1 saturated heterocycles. The molecule has 3 heterocycles. The summed E-state index contributed by atoms with van der Waals surface area (Å²) in [5.74, 6) is -0.179. The highest BCUT2D eigenvalue weighted by Crippen LogP contribution is 2.30. The first kappa shape index (κ1) is 20.9. The molecule has 12 heteroatoms. The molecule has 2 aromatic heterocycles. The minimum atomic E-state index is -1.38. The van der Waals surface area contributed by atoms with Gasteiger partial charge in [0, 0.05) is 0 Å². The summed E-state index contributed by atoms with van der Waals surface area (Å²) in [6.45, 7) is 1.09. The van der Waals surface area contributed by atoms with E-state index in [-0.39, 0.29) is 23.7 Å². The number of imidazole rings is 1. The van der Waals surface area contributed by atoms with Crippen LogP contribution in [0.25, 0.3) is 11.2 Å². The van der Waals surface area contributed by atoms with Gasteiger partial charge in [-0.1, -0.05) is 12.1 Å². The molecule has 12 nitrogen and oxygen atoms in total. The smallest absolute Gasteiger partial charge is 0.280 e. The van der Waals surface area contributed by atoms with E-state index in [1.165, 1.54) is 10.9 Å². The minimum absolute atomic E-state index is 0.0218. The average Bonchev–Trinajstić information content (AvgIpc) is 3.28. The van der Waals surface area contributed by atoms with Gasteiger partial charge in [0.15, 0.2) is 24.0 Å². The number of nitrogens with one attached hydrogen (secondary N) is 2. The molecule has 0 spiro atoms. The van der Waals surface area contributed by atoms with E-state index in [9.17, 15) is 24.9 Å². The number of carbonyl (C=O) groups excluding carboxylic acids is 1. The van der Waals surface area contributed by atoms with Crippen molar-refractivity contribution in [3.63, 3.8) is 0 Å². The molecule has 1 aromatic carbocycles. The van der Waals surface area contributed by atoms with Gasteiger partial charge in [-0.15, -0.1) is 0 Å². The normalized spacial score (nSPS) is 23.2. The molecule has 1 amide bonds. The summed E-state index contributed by atoms with van der Waals surface area (Å²) in [4.78, 5) is 35.1. The van der Waals surface area contributed by atoms with Crippen LogP contribution in [-0.2, 0) is 9.53 Å². The molecule has 4 atom stereocenters. The second-order valence-electron chi connectivity index (χ2n) is 7.12. The standard InChI is InChI=1S/C19H21N5O7/c1-9-3-2-4-10(5-9)30-7-12(26)21-19-22-16-13(17(29)23-19)20-8-24(16)18-15(28)14(27)11(6-25)31-18/h2-5,8,11,14-15,18,25,27-28H,6-7H2,1H3,(H2,21,22,23,26,29)/t11-,14+,15+,18-/m1/s1. The number of aliphatic hydroxyl groups is 3. The van der Waals surface area contributed by atoms with E-state index in [1.807, 2.05) is 13.0 Å². The van der Waals surface area contributed by atoms with Crippen molar-refractivity contribution in [2.75, 3.05) is 18.5 Å². The van der Waals surface area contributed by atoms with E-state index < -0.39 is 42.6 Å². The Bertz CT molecular complexity index is 1160. The van der Waals surface area contributed by atoms with Crippen LogP contribution in [0.3, 0.4) is 0 Å². The molecule has 0 aliphatic carbocycles. The lowest BCUT2D eigenvalue weighted by Gasteiger charge is -2.16. The van der Waals surface area contributed by atoms with Crippen molar-refractivity contribution in [2.24, 2.45) is 0 Å². The number of anilines is 1. The lowest BCUT2D eigenvalue weighted by atomic mass is 10.1. The monoisotopic (exact) mass is 431 g/mol. The number of ether oxygens (including phenoxy) is 2. The van der Waals surface area contributed by atoms with Crippen molar-refractivity contribution in [1.29, 1.82) is 0 Å². The molecule has 1 aliphatic rings. The van der Waals surface area contributed by atoms with Gasteiger partial charge in [0.05, 0.1) is 12.9 Å². The first-order valence-electron chi connectivity index (χ1n) is 9.46. The fourth-order valence-corrected chi connectivity index (χ4v) is 3.30. The number of benzene rings is 1. The van der Waals surface area contributed by atoms with Crippen LogP contribution < -0.4 is 15.6 Å². The van der Waals surface area contributed by atoms with E-state index in [0.717, 1.165) is 5.56 Å². The molecular formula is C19H21N5O7. The van der Waals surface area contributed by atoms with Gasteiger partial charge in [-0.05, 0) is 24.6 Å². The van der Waals surface area contributed by atoms with E-state index >= 15 is 0 Å². The summed E-state index contributed by atoms with van der Waals surface area (Å²) < 4.78 is 12.1. The van der Waals surface area contributed by atoms with Crippen LogP contribution >= 0.6 is 0 Å². The van der Waals surface area contributed by atoms with Crippen molar-refractivity contribution in [3.05, 3.63) is 46.5 Å². The topological polar surface area (TPSA) is 172 Å². The average molecular weight is 431 g/mol. The molecular weight excluding hydrogens is 410 g/mol. The van der Waals surface area contributed by atoms with Crippen molar-refractivity contribution in [1.82, 2.24) is 19.5 Å². The molecule has 1 aliphatic heterocycles. The zero-order valence-electron chi connectivity index (χ0n) is 16.4. The molecule has 0 unspecified atom stereocenters. The van der Waals surface area contributed by atoms with Gasteiger partial charge in [-0.2, -0.15) is 4.98 Å².